The fourth-order valence-electron chi connectivity index (χ4n) is 2.49. The molecule has 0 bridgehead atoms. The number of rotatable bonds is 9. The van der Waals surface area contributed by atoms with Crippen molar-refractivity contribution in [2.24, 2.45) is 4.99 Å². The first-order chi connectivity index (χ1) is 13.1. The molecule has 1 unspecified atom stereocenters. The third kappa shape index (κ3) is 7.92. The number of guanidine groups is 1. The fraction of sp³-hybridized carbons (Fsp3) is 0.556. The highest BCUT2D eigenvalue weighted by Crippen LogP contribution is 2.22. The van der Waals surface area contributed by atoms with Crippen LogP contribution in [0.4, 0.5) is 0 Å². The van der Waals surface area contributed by atoms with E-state index in [4.69, 9.17) is 32.7 Å². The Kier molecular flexibility index (Phi) is 9.69. The van der Waals surface area contributed by atoms with Crippen LogP contribution in [0, 0.1) is 0 Å². The summed E-state index contributed by atoms with van der Waals surface area (Å²) in [6.45, 7) is 3.93. The van der Waals surface area contributed by atoms with Crippen LogP contribution in [0.2, 0.25) is 10.0 Å². The quantitative estimate of drug-likeness (QED) is 0.326. The molecule has 27 heavy (non-hydrogen) atoms. The molecule has 2 rings (SSSR count). The van der Waals surface area contributed by atoms with Gasteiger partial charge in [0.1, 0.15) is 0 Å². The van der Waals surface area contributed by atoms with Gasteiger partial charge in [0.05, 0.1) is 22.8 Å². The van der Waals surface area contributed by atoms with E-state index in [1.807, 2.05) is 0 Å². The van der Waals surface area contributed by atoms with E-state index in [0.29, 0.717) is 47.9 Å². The molecular weight excluding hydrogens is 391 g/mol. The fourth-order valence-corrected chi connectivity index (χ4v) is 2.79. The van der Waals surface area contributed by atoms with Gasteiger partial charge in [-0.2, -0.15) is 0 Å². The van der Waals surface area contributed by atoms with E-state index in [0.717, 1.165) is 26.0 Å². The smallest absolute Gasteiger partial charge is 0.251 e. The van der Waals surface area contributed by atoms with E-state index in [9.17, 15) is 4.79 Å². The summed E-state index contributed by atoms with van der Waals surface area (Å²) in [4.78, 5) is 16.2. The maximum atomic E-state index is 12.1. The topological polar surface area (TPSA) is 84.0 Å². The Morgan fingerprint density at radius 2 is 2.00 bits per heavy atom. The maximum absolute atomic E-state index is 12.1. The molecule has 1 heterocycles. The minimum absolute atomic E-state index is 0.202. The maximum Gasteiger partial charge on any atom is 0.251 e. The van der Waals surface area contributed by atoms with Gasteiger partial charge >= 0.3 is 0 Å². The van der Waals surface area contributed by atoms with Gasteiger partial charge in [-0.05, 0) is 31.0 Å². The van der Waals surface area contributed by atoms with Gasteiger partial charge in [0, 0.05) is 45.5 Å². The van der Waals surface area contributed by atoms with Crippen molar-refractivity contribution in [2.45, 2.75) is 18.9 Å². The third-order valence-corrected chi connectivity index (χ3v) is 4.70. The van der Waals surface area contributed by atoms with E-state index < -0.39 is 0 Å². The second kappa shape index (κ2) is 12.0. The van der Waals surface area contributed by atoms with Crippen molar-refractivity contribution in [1.82, 2.24) is 16.0 Å². The SMILES string of the molecule is CN=C(NCCCOC1CCOC1)NCCNC(=O)c1ccc(Cl)c(Cl)c1. The van der Waals surface area contributed by atoms with E-state index >= 15 is 0 Å². The van der Waals surface area contributed by atoms with E-state index in [2.05, 4.69) is 20.9 Å². The zero-order valence-electron chi connectivity index (χ0n) is 15.4. The molecule has 1 aliphatic rings. The molecule has 0 saturated carbocycles. The highest BCUT2D eigenvalue weighted by molar-refractivity contribution is 6.42. The van der Waals surface area contributed by atoms with Gasteiger partial charge in [-0.1, -0.05) is 23.2 Å². The molecule has 3 N–H and O–H groups in total. The lowest BCUT2D eigenvalue weighted by Gasteiger charge is -2.13. The third-order valence-electron chi connectivity index (χ3n) is 3.96. The van der Waals surface area contributed by atoms with Crippen molar-refractivity contribution in [3.05, 3.63) is 33.8 Å². The molecule has 0 aromatic heterocycles. The number of amides is 1. The van der Waals surface area contributed by atoms with Crippen LogP contribution in [0.5, 0.6) is 0 Å². The largest absolute Gasteiger partial charge is 0.379 e. The minimum atomic E-state index is -0.202. The van der Waals surface area contributed by atoms with Gasteiger partial charge in [0.2, 0.25) is 0 Å². The molecule has 0 spiro atoms. The summed E-state index contributed by atoms with van der Waals surface area (Å²) in [6, 6.07) is 4.79. The van der Waals surface area contributed by atoms with Crippen molar-refractivity contribution in [2.75, 3.05) is 46.5 Å². The van der Waals surface area contributed by atoms with Gasteiger partial charge in [0.25, 0.3) is 5.91 Å². The Hall–Kier alpha value is -1.54. The lowest BCUT2D eigenvalue weighted by molar-refractivity contribution is 0.0420. The molecule has 1 aromatic rings. The van der Waals surface area contributed by atoms with Crippen LogP contribution in [0.3, 0.4) is 0 Å². The molecule has 0 radical (unpaired) electrons. The number of nitrogens with one attached hydrogen (secondary N) is 3. The first-order valence-corrected chi connectivity index (χ1v) is 9.73. The molecule has 1 atom stereocenters. The summed E-state index contributed by atoms with van der Waals surface area (Å²) in [5.74, 6) is 0.481. The molecule has 1 fully saturated rings. The van der Waals surface area contributed by atoms with Crippen LogP contribution in [0.15, 0.2) is 23.2 Å². The number of nitrogens with zero attached hydrogens (tertiary/aromatic N) is 1. The number of ether oxygens (including phenoxy) is 2. The van der Waals surface area contributed by atoms with E-state index in [-0.39, 0.29) is 12.0 Å². The predicted octanol–water partition coefficient (Wildman–Crippen LogP) is 2.08. The number of benzene rings is 1. The average molecular weight is 417 g/mol. The Balaban J connectivity index is 1.56. The molecule has 1 saturated heterocycles. The monoisotopic (exact) mass is 416 g/mol. The Morgan fingerprint density at radius 3 is 2.70 bits per heavy atom. The predicted molar refractivity (Wildman–Crippen MR) is 108 cm³/mol. The lowest BCUT2D eigenvalue weighted by Crippen LogP contribution is -2.42. The van der Waals surface area contributed by atoms with Gasteiger partial charge in [-0.25, -0.2) is 0 Å². The molecule has 0 aliphatic carbocycles. The van der Waals surface area contributed by atoms with Crippen molar-refractivity contribution in [3.8, 4) is 0 Å². The van der Waals surface area contributed by atoms with Crippen molar-refractivity contribution in [1.29, 1.82) is 0 Å². The van der Waals surface area contributed by atoms with E-state index in [1.165, 1.54) is 0 Å². The molecule has 7 nitrogen and oxygen atoms in total. The second-order valence-electron chi connectivity index (χ2n) is 6.02. The summed E-state index contributed by atoms with van der Waals surface area (Å²) >= 11 is 11.8. The summed E-state index contributed by atoms with van der Waals surface area (Å²) in [7, 11) is 1.70. The Labute approximate surface area is 169 Å². The van der Waals surface area contributed by atoms with Crippen molar-refractivity contribution < 1.29 is 14.3 Å². The van der Waals surface area contributed by atoms with Crippen LogP contribution < -0.4 is 16.0 Å². The molecule has 1 aromatic carbocycles. The molecule has 1 aliphatic heterocycles. The van der Waals surface area contributed by atoms with Crippen molar-refractivity contribution >= 4 is 35.1 Å². The Morgan fingerprint density at radius 1 is 1.22 bits per heavy atom. The van der Waals surface area contributed by atoms with Crippen molar-refractivity contribution in [3.63, 3.8) is 0 Å². The highest BCUT2D eigenvalue weighted by Gasteiger charge is 2.15. The zero-order chi connectivity index (χ0) is 19.5. The van der Waals surface area contributed by atoms with Crippen LogP contribution in [0.1, 0.15) is 23.2 Å². The number of carbonyl (C=O) groups is 1. The number of hydrogen-bond acceptors (Lipinski definition) is 4. The number of carbonyl (C=O) groups excluding carboxylic acids is 1. The first-order valence-electron chi connectivity index (χ1n) is 8.97. The summed E-state index contributed by atoms with van der Waals surface area (Å²) in [5, 5.41) is 9.95. The average Bonchev–Trinajstić information content (AvgIpc) is 3.18. The lowest BCUT2D eigenvalue weighted by atomic mass is 10.2. The van der Waals surface area contributed by atoms with Crippen LogP contribution in [0.25, 0.3) is 0 Å². The Bertz CT molecular complexity index is 637. The molecule has 150 valence electrons. The number of hydrogen-bond donors (Lipinski definition) is 3. The first kappa shape index (κ1) is 21.8. The standard InChI is InChI=1S/C18H26Cl2N4O3/c1-21-18(23-6-2-9-27-14-5-10-26-12-14)24-8-7-22-17(25)13-3-4-15(19)16(20)11-13/h3-4,11,14H,2,5-10,12H2,1H3,(H,22,25)(H2,21,23,24). The summed E-state index contributed by atoms with van der Waals surface area (Å²) in [6.07, 6.45) is 2.09. The minimum Gasteiger partial charge on any atom is -0.379 e. The highest BCUT2D eigenvalue weighted by atomic mass is 35.5. The van der Waals surface area contributed by atoms with Gasteiger partial charge < -0.3 is 25.4 Å². The van der Waals surface area contributed by atoms with E-state index in [1.54, 1.807) is 25.2 Å². The molecular formula is C18H26Cl2N4O3. The number of halogens is 2. The van der Waals surface area contributed by atoms with Crippen LogP contribution in [-0.4, -0.2) is 64.5 Å². The normalized spacial score (nSPS) is 17.0. The van der Waals surface area contributed by atoms with Gasteiger partial charge in [-0.3, -0.25) is 9.79 Å². The van der Waals surface area contributed by atoms with Crippen LogP contribution >= 0.6 is 23.2 Å². The second-order valence-corrected chi connectivity index (χ2v) is 6.83. The van der Waals surface area contributed by atoms with Gasteiger partial charge in [0.15, 0.2) is 5.96 Å². The van der Waals surface area contributed by atoms with Gasteiger partial charge in [-0.15, -0.1) is 0 Å². The molecule has 9 heteroatoms. The zero-order valence-corrected chi connectivity index (χ0v) is 16.9. The molecule has 1 amide bonds. The van der Waals surface area contributed by atoms with Crippen LogP contribution in [-0.2, 0) is 9.47 Å². The summed E-state index contributed by atoms with van der Waals surface area (Å²) < 4.78 is 11.0. The summed E-state index contributed by atoms with van der Waals surface area (Å²) in [5.41, 5.74) is 0.472. The number of aliphatic imine (C=N–C) groups is 1.